The Hall–Kier alpha value is -0.690. The van der Waals surface area contributed by atoms with Gasteiger partial charge in [0.2, 0.25) is 0 Å². The minimum absolute atomic E-state index is 0.0436. The maximum absolute atomic E-state index is 11.9. The van der Waals surface area contributed by atoms with Gasteiger partial charge < -0.3 is 23.7 Å². The second-order valence-electron chi connectivity index (χ2n) is 5.51. The predicted octanol–water partition coefficient (Wildman–Crippen LogP) is 3.32. The Kier molecular flexibility index (Phi) is 16.7. The summed E-state index contributed by atoms with van der Waals surface area (Å²) in [4.78, 5) is 11.9. The first kappa shape index (κ1) is 23.3. The van der Waals surface area contributed by atoms with Crippen LogP contribution in [0.15, 0.2) is 0 Å². The molecule has 0 saturated heterocycles. The summed E-state index contributed by atoms with van der Waals surface area (Å²) in [7, 11) is 0. The summed E-state index contributed by atoms with van der Waals surface area (Å²) >= 11 is 0. The van der Waals surface area contributed by atoms with Crippen LogP contribution in [-0.4, -0.2) is 58.0 Å². The average molecular weight is 348 g/mol. The smallest absolute Gasteiger partial charge is 0.363 e. The van der Waals surface area contributed by atoms with E-state index in [9.17, 15) is 4.79 Å². The molecule has 0 fully saturated rings. The van der Waals surface area contributed by atoms with Crippen molar-refractivity contribution in [3.05, 3.63) is 0 Å². The monoisotopic (exact) mass is 348 g/mol. The maximum atomic E-state index is 11.9. The highest BCUT2D eigenvalue weighted by Gasteiger charge is 2.23. The third-order valence-corrected chi connectivity index (χ3v) is 3.36. The molecule has 0 aromatic heterocycles. The minimum atomic E-state index is -1.02. The number of hydrogen-bond donors (Lipinski definition) is 0. The number of carbonyl (C=O) groups excluding carboxylic acids is 1. The number of ether oxygens (including phenoxy) is 5. The predicted molar refractivity (Wildman–Crippen MR) is 93.0 cm³/mol. The van der Waals surface area contributed by atoms with Gasteiger partial charge in [-0.2, -0.15) is 0 Å². The Bertz CT molecular complexity index is 285. The van der Waals surface area contributed by atoms with Crippen molar-refractivity contribution in [2.24, 2.45) is 0 Å². The molecule has 0 radical (unpaired) electrons. The fraction of sp³-hybridized carbons (Fsp3) is 0.944. The molecule has 6 nitrogen and oxygen atoms in total. The van der Waals surface area contributed by atoms with Crippen LogP contribution in [0.3, 0.4) is 0 Å². The lowest BCUT2D eigenvalue weighted by molar-refractivity contribution is -0.204. The molecule has 0 aliphatic heterocycles. The SMILES string of the molecule is CCCCOCCOC(OCC(CC)OCCCC)C(=O)OCC. The van der Waals surface area contributed by atoms with Crippen LogP contribution >= 0.6 is 0 Å². The Morgan fingerprint density at radius 2 is 1.54 bits per heavy atom. The number of unbranched alkanes of at least 4 members (excludes halogenated alkanes) is 2. The quantitative estimate of drug-likeness (QED) is 0.228. The fourth-order valence-electron chi connectivity index (χ4n) is 1.83. The van der Waals surface area contributed by atoms with Gasteiger partial charge in [-0.15, -0.1) is 0 Å². The van der Waals surface area contributed by atoms with Crippen molar-refractivity contribution in [2.45, 2.75) is 72.2 Å². The zero-order valence-electron chi connectivity index (χ0n) is 15.9. The lowest BCUT2D eigenvalue weighted by atomic mass is 10.3. The van der Waals surface area contributed by atoms with E-state index >= 15 is 0 Å². The van der Waals surface area contributed by atoms with Crippen LogP contribution in [0.5, 0.6) is 0 Å². The van der Waals surface area contributed by atoms with E-state index in [2.05, 4.69) is 13.8 Å². The van der Waals surface area contributed by atoms with Gasteiger partial charge in [-0.05, 0) is 26.2 Å². The fourth-order valence-corrected chi connectivity index (χ4v) is 1.83. The van der Waals surface area contributed by atoms with Crippen molar-refractivity contribution in [1.82, 2.24) is 0 Å². The highest BCUT2D eigenvalue weighted by Crippen LogP contribution is 2.06. The van der Waals surface area contributed by atoms with Crippen molar-refractivity contribution in [2.75, 3.05) is 39.6 Å². The van der Waals surface area contributed by atoms with Gasteiger partial charge >= 0.3 is 5.97 Å². The van der Waals surface area contributed by atoms with E-state index in [0.29, 0.717) is 39.6 Å². The van der Waals surface area contributed by atoms with E-state index in [-0.39, 0.29) is 6.10 Å². The van der Waals surface area contributed by atoms with E-state index in [1.165, 1.54) is 0 Å². The van der Waals surface area contributed by atoms with Gasteiger partial charge in [-0.1, -0.05) is 33.6 Å². The molecule has 144 valence electrons. The molecule has 0 aliphatic rings. The van der Waals surface area contributed by atoms with Gasteiger partial charge in [-0.25, -0.2) is 4.79 Å². The molecule has 0 aromatic carbocycles. The normalized spacial score (nSPS) is 13.7. The second kappa shape index (κ2) is 17.1. The summed E-state index contributed by atoms with van der Waals surface area (Å²) in [5, 5.41) is 0. The summed E-state index contributed by atoms with van der Waals surface area (Å²) in [5.74, 6) is -0.505. The Morgan fingerprint density at radius 3 is 2.17 bits per heavy atom. The summed E-state index contributed by atoms with van der Waals surface area (Å²) in [6.07, 6.45) is 3.96. The maximum Gasteiger partial charge on any atom is 0.363 e. The van der Waals surface area contributed by atoms with Crippen molar-refractivity contribution in [3.63, 3.8) is 0 Å². The minimum Gasteiger partial charge on any atom is -0.462 e. The van der Waals surface area contributed by atoms with Crippen molar-refractivity contribution >= 4 is 5.97 Å². The van der Waals surface area contributed by atoms with E-state index in [4.69, 9.17) is 23.7 Å². The third kappa shape index (κ3) is 12.7. The molecule has 0 N–H and O–H groups in total. The van der Waals surface area contributed by atoms with E-state index in [0.717, 1.165) is 32.1 Å². The summed E-state index contributed by atoms with van der Waals surface area (Å²) < 4.78 is 27.2. The highest BCUT2D eigenvalue weighted by atomic mass is 16.7. The van der Waals surface area contributed by atoms with Gasteiger partial charge in [0.15, 0.2) is 0 Å². The molecule has 0 bridgehead atoms. The number of esters is 1. The largest absolute Gasteiger partial charge is 0.462 e. The average Bonchev–Trinajstić information content (AvgIpc) is 2.58. The third-order valence-electron chi connectivity index (χ3n) is 3.36. The van der Waals surface area contributed by atoms with Gasteiger partial charge in [0.05, 0.1) is 32.5 Å². The van der Waals surface area contributed by atoms with Gasteiger partial charge in [-0.3, -0.25) is 0 Å². The number of rotatable bonds is 17. The molecule has 6 heteroatoms. The van der Waals surface area contributed by atoms with Crippen LogP contribution < -0.4 is 0 Å². The van der Waals surface area contributed by atoms with E-state index in [1.807, 2.05) is 6.92 Å². The Morgan fingerprint density at radius 1 is 0.833 bits per heavy atom. The molecule has 2 unspecified atom stereocenters. The molecular weight excluding hydrogens is 312 g/mol. The summed E-state index contributed by atoms with van der Waals surface area (Å²) in [5.41, 5.74) is 0. The van der Waals surface area contributed by atoms with Crippen LogP contribution in [-0.2, 0) is 28.5 Å². The molecule has 0 spiro atoms. The number of hydrogen-bond acceptors (Lipinski definition) is 6. The van der Waals surface area contributed by atoms with Crippen LogP contribution in [0.25, 0.3) is 0 Å². The first-order valence-electron chi connectivity index (χ1n) is 9.28. The summed E-state index contributed by atoms with van der Waals surface area (Å²) in [6, 6.07) is 0. The van der Waals surface area contributed by atoms with E-state index in [1.54, 1.807) is 6.92 Å². The van der Waals surface area contributed by atoms with Crippen molar-refractivity contribution in [1.29, 1.82) is 0 Å². The molecule has 0 aromatic rings. The molecular formula is C18H36O6. The van der Waals surface area contributed by atoms with Gasteiger partial charge in [0, 0.05) is 13.2 Å². The molecule has 24 heavy (non-hydrogen) atoms. The molecule has 0 rings (SSSR count). The first-order valence-corrected chi connectivity index (χ1v) is 9.28. The number of carbonyl (C=O) groups is 1. The van der Waals surface area contributed by atoms with Gasteiger partial charge in [0.1, 0.15) is 0 Å². The van der Waals surface area contributed by atoms with Crippen LogP contribution in [0, 0.1) is 0 Å². The van der Waals surface area contributed by atoms with Crippen LogP contribution in [0.4, 0.5) is 0 Å². The molecule has 0 heterocycles. The Labute approximate surface area is 147 Å². The molecule has 2 atom stereocenters. The van der Waals surface area contributed by atoms with E-state index < -0.39 is 12.3 Å². The molecule has 0 saturated carbocycles. The van der Waals surface area contributed by atoms with Crippen LogP contribution in [0.2, 0.25) is 0 Å². The zero-order chi connectivity index (χ0) is 18.0. The molecule has 0 aliphatic carbocycles. The first-order chi connectivity index (χ1) is 11.7. The van der Waals surface area contributed by atoms with Crippen LogP contribution in [0.1, 0.15) is 59.8 Å². The topological polar surface area (TPSA) is 63.2 Å². The second-order valence-corrected chi connectivity index (χ2v) is 5.51. The Balaban J connectivity index is 4.16. The highest BCUT2D eigenvalue weighted by molar-refractivity contribution is 5.73. The summed E-state index contributed by atoms with van der Waals surface area (Å²) in [6.45, 7) is 10.7. The standard InChI is InChI=1S/C18H36O6/c1-5-9-11-20-13-14-23-18(17(19)21-8-4)24-15-16(7-3)22-12-10-6-2/h16,18H,5-15H2,1-4H3. The lowest BCUT2D eigenvalue weighted by Crippen LogP contribution is -2.34. The van der Waals surface area contributed by atoms with Crippen molar-refractivity contribution < 1.29 is 28.5 Å². The lowest BCUT2D eigenvalue weighted by Gasteiger charge is -2.21. The van der Waals surface area contributed by atoms with Gasteiger partial charge in [0.25, 0.3) is 6.29 Å². The van der Waals surface area contributed by atoms with Crippen molar-refractivity contribution in [3.8, 4) is 0 Å². The molecule has 0 amide bonds. The zero-order valence-corrected chi connectivity index (χ0v) is 15.9.